The van der Waals surface area contributed by atoms with Crippen LogP contribution >= 0.6 is 0 Å². The molecular formula is C32H36N4O2. The van der Waals surface area contributed by atoms with Crippen LogP contribution < -0.4 is 10.1 Å². The van der Waals surface area contributed by atoms with Gasteiger partial charge in [0.05, 0.1) is 11.6 Å². The fraction of sp³-hybridized carbons (Fsp3) is 0.375. The number of nitrogens with zero attached hydrogens (tertiary/aromatic N) is 3. The van der Waals surface area contributed by atoms with E-state index in [4.69, 9.17) is 10.00 Å². The largest absolute Gasteiger partial charge is 0.490 e. The van der Waals surface area contributed by atoms with Gasteiger partial charge in [-0.2, -0.15) is 5.26 Å². The third kappa shape index (κ3) is 7.22. The van der Waals surface area contributed by atoms with Crippen molar-refractivity contribution in [1.82, 2.24) is 15.1 Å². The first-order chi connectivity index (χ1) is 18.6. The molecule has 196 valence electrons. The summed E-state index contributed by atoms with van der Waals surface area (Å²) in [5.41, 5.74) is 3.92. The van der Waals surface area contributed by atoms with Crippen LogP contribution in [0.1, 0.15) is 52.7 Å². The van der Waals surface area contributed by atoms with Crippen LogP contribution in [-0.4, -0.2) is 54.0 Å². The van der Waals surface area contributed by atoms with E-state index in [1.165, 1.54) is 11.1 Å². The van der Waals surface area contributed by atoms with Crippen LogP contribution in [-0.2, 0) is 13.1 Å². The lowest BCUT2D eigenvalue weighted by atomic mass is 10.0. The minimum Gasteiger partial charge on any atom is -0.490 e. The highest BCUT2D eigenvalue weighted by molar-refractivity contribution is 5.94. The molecule has 2 heterocycles. The molecule has 6 heteroatoms. The Balaban J connectivity index is 1.05. The lowest BCUT2D eigenvalue weighted by Gasteiger charge is -2.32. The van der Waals surface area contributed by atoms with Gasteiger partial charge in [-0.25, -0.2) is 0 Å². The summed E-state index contributed by atoms with van der Waals surface area (Å²) < 4.78 is 6.29. The van der Waals surface area contributed by atoms with Gasteiger partial charge in [0, 0.05) is 50.9 Å². The van der Waals surface area contributed by atoms with Crippen molar-refractivity contribution in [2.24, 2.45) is 0 Å². The quantitative estimate of drug-likeness (QED) is 0.464. The lowest BCUT2D eigenvalue weighted by Crippen LogP contribution is -2.44. The summed E-state index contributed by atoms with van der Waals surface area (Å²) in [6, 6.07) is 28.4. The number of amides is 1. The highest BCUT2D eigenvalue weighted by Crippen LogP contribution is 2.22. The second-order valence-electron chi connectivity index (χ2n) is 10.4. The first-order valence-corrected chi connectivity index (χ1v) is 13.7. The number of rotatable bonds is 8. The molecule has 2 aliphatic rings. The standard InChI is InChI=1S/C32H36N4O2/c33-22-25-9-11-27(12-10-25)24-36-19-15-30(16-20-36)38-31-8-4-7-28(21-31)32(37)34-29-13-17-35(18-14-29)23-26-5-2-1-3-6-26/h1-12,21,29-30H,13-20,23-24H2,(H,34,37). The highest BCUT2D eigenvalue weighted by atomic mass is 16.5. The van der Waals surface area contributed by atoms with Crippen molar-refractivity contribution in [3.05, 3.63) is 101 Å². The summed E-state index contributed by atoms with van der Waals surface area (Å²) in [6.45, 7) is 5.77. The number of hydrogen-bond donors (Lipinski definition) is 1. The van der Waals surface area contributed by atoms with E-state index >= 15 is 0 Å². The van der Waals surface area contributed by atoms with Crippen molar-refractivity contribution in [2.45, 2.75) is 50.9 Å². The number of nitrogens with one attached hydrogen (secondary N) is 1. The van der Waals surface area contributed by atoms with E-state index in [0.717, 1.165) is 70.7 Å². The minimum absolute atomic E-state index is 0.0193. The zero-order chi connectivity index (χ0) is 26.2. The molecule has 0 spiro atoms. The maximum Gasteiger partial charge on any atom is 0.251 e. The zero-order valence-corrected chi connectivity index (χ0v) is 21.9. The van der Waals surface area contributed by atoms with E-state index in [2.05, 4.69) is 51.5 Å². The molecule has 1 N–H and O–H groups in total. The van der Waals surface area contributed by atoms with Crippen molar-refractivity contribution in [3.8, 4) is 11.8 Å². The Morgan fingerprint density at radius 2 is 1.45 bits per heavy atom. The first kappa shape index (κ1) is 26.0. The molecule has 2 aliphatic heterocycles. The Morgan fingerprint density at radius 3 is 2.11 bits per heavy atom. The van der Waals surface area contributed by atoms with Crippen molar-refractivity contribution >= 4 is 5.91 Å². The Bertz CT molecular complexity index is 1220. The van der Waals surface area contributed by atoms with Gasteiger partial charge in [0.2, 0.25) is 0 Å². The van der Waals surface area contributed by atoms with Crippen LogP contribution in [0.25, 0.3) is 0 Å². The third-order valence-electron chi connectivity index (χ3n) is 7.59. The Kier molecular flexibility index (Phi) is 8.70. The fourth-order valence-electron chi connectivity index (χ4n) is 5.38. The van der Waals surface area contributed by atoms with Gasteiger partial charge < -0.3 is 10.1 Å². The van der Waals surface area contributed by atoms with Gasteiger partial charge >= 0.3 is 0 Å². The molecule has 3 aromatic rings. The van der Waals surface area contributed by atoms with E-state index in [1.807, 2.05) is 48.5 Å². The van der Waals surface area contributed by atoms with Gasteiger partial charge in [0.1, 0.15) is 11.9 Å². The van der Waals surface area contributed by atoms with Crippen LogP contribution in [0.15, 0.2) is 78.9 Å². The number of hydrogen-bond acceptors (Lipinski definition) is 5. The number of likely N-dealkylation sites (tertiary alicyclic amines) is 2. The molecule has 38 heavy (non-hydrogen) atoms. The summed E-state index contributed by atoms with van der Waals surface area (Å²) in [5.74, 6) is 0.745. The average molecular weight is 509 g/mol. The fourth-order valence-corrected chi connectivity index (χ4v) is 5.38. The number of piperidine rings is 2. The molecule has 0 saturated carbocycles. The predicted molar refractivity (Wildman–Crippen MR) is 149 cm³/mol. The number of nitriles is 1. The molecule has 1 amide bonds. The van der Waals surface area contributed by atoms with Gasteiger partial charge in [-0.1, -0.05) is 48.5 Å². The van der Waals surface area contributed by atoms with Gasteiger partial charge in [0.15, 0.2) is 0 Å². The minimum atomic E-state index is -0.0193. The highest BCUT2D eigenvalue weighted by Gasteiger charge is 2.23. The second-order valence-corrected chi connectivity index (χ2v) is 10.4. The molecule has 0 bridgehead atoms. The van der Waals surface area contributed by atoms with Crippen molar-refractivity contribution < 1.29 is 9.53 Å². The van der Waals surface area contributed by atoms with E-state index in [-0.39, 0.29) is 18.1 Å². The monoisotopic (exact) mass is 508 g/mol. The molecule has 0 radical (unpaired) electrons. The molecule has 0 unspecified atom stereocenters. The van der Waals surface area contributed by atoms with E-state index in [9.17, 15) is 4.79 Å². The van der Waals surface area contributed by atoms with Gasteiger partial charge in [-0.3, -0.25) is 14.6 Å². The van der Waals surface area contributed by atoms with E-state index < -0.39 is 0 Å². The van der Waals surface area contributed by atoms with Crippen molar-refractivity contribution in [2.75, 3.05) is 26.2 Å². The predicted octanol–water partition coefficient (Wildman–Crippen LogP) is 5.00. The molecule has 0 aromatic heterocycles. The van der Waals surface area contributed by atoms with Crippen LogP contribution in [0.3, 0.4) is 0 Å². The van der Waals surface area contributed by atoms with Crippen LogP contribution in [0.4, 0.5) is 0 Å². The van der Waals surface area contributed by atoms with Gasteiger partial charge in [-0.05, 0) is 67.1 Å². The summed E-state index contributed by atoms with van der Waals surface area (Å²) in [4.78, 5) is 17.9. The van der Waals surface area contributed by atoms with E-state index in [0.29, 0.717) is 11.1 Å². The summed E-state index contributed by atoms with van der Waals surface area (Å²) in [5, 5.41) is 12.2. The smallest absolute Gasteiger partial charge is 0.251 e. The Labute approximate surface area is 225 Å². The summed E-state index contributed by atoms with van der Waals surface area (Å²) in [7, 11) is 0. The maximum absolute atomic E-state index is 13.0. The number of carbonyl (C=O) groups is 1. The molecule has 2 fully saturated rings. The lowest BCUT2D eigenvalue weighted by molar-refractivity contribution is 0.0901. The van der Waals surface area contributed by atoms with E-state index in [1.54, 1.807) is 0 Å². The maximum atomic E-state index is 13.0. The zero-order valence-electron chi connectivity index (χ0n) is 21.9. The second kappa shape index (κ2) is 12.7. The number of carbonyl (C=O) groups excluding carboxylic acids is 1. The first-order valence-electron chi connectivity index (χ1n) is 13.7. The van der Waals surface area contributed by atoms with Gasteiger partial charge in [-0.15, -0.1) is 0 Å². The average Bonchev–Trinajstić information content (AvgIpc) is 2.96. The van der Waals surface area contributed by atoms with Crippen LogP contribution in [0, 0.1) is 11.3 Å². The molecule has 0 aliphatic carbocycles. The van der Waals surface area contributed by atoms with Crippen LogP contribution in [0.2, 0.25) is 0 Å². The van der Waals surface area contributed by atoms with Crippen molar-refractivity contribution in [3.63, 3.8) is 0 Å². The summed E-state index contributed by atoms with van der Waals surface area (Å²) >= 11 is 0. The molecule has 5 rings (SSSR count). The molecule has 2 saturated heterocycles. The molecular weight excluding hydrogens is 472 g/mol. The molecule has 0 atom stereocenters. The summed E-state index contributed by atoms with van der Waals surface area (Å²) in [6.07, 6.45) is 3.99. The van der Waals surface area contributed by atoms with Crippen LogP contribution in [0.5, 0.6) is 5.75 Å². The normalized spacial score (nSPS) is 17.6. The Morgan fingerprint density at radius 1 is 0.816 bits per heavy atom. The molecule has 6 nitrogen and oxygen atoms in total. The SMILES string of the molecule is N#Cc1ccc(CN2CCC(Oc3cccc(C(=O)NC4CCN(Cc5ccccc5)CC4)c3)CC2)cc1. The van der Waals surface area contributed by atoms with Gasteiger partial charge in [0.25, 0.3) is 5.91 Å². The topological polar surface area (TPSA) is 68.6 Å². The third-order valence-corrected chi connectivity index (χ3v) is 7.59. The van der Waals surface area contributed by atoms with Crippen molar-refractivity contribution in [1.29, 1.82) is 5.26 Å². The number of benzene rings is 3. The Hall–Kier alpha value is -3.66. The number of ether oxygens (including phenoxy) is 1. The molecule has 3 aromatic carbocycles.